The number of thioether (sulfide) groups is 1. The van der Waals surface area contributed by atoms with E-state index in [0.29, 0.717) is 27.9 Å². The van der Waals surface area contributed by atoms with Crippen molar-refractivity contribution in [1.29, 1.82) is 0 Å². The predicted octanol–water partition coefficient (Wildman–Crippen LogP) is 6.36. The molecule has 0 spiro atoms. The molecule has 2 amide bonds. The molecular weight excluding hydrogens is 458 g/mol. The summed E-state index contributed by atoms with van der Waals surface area (Å²) in [4.78, 5) is 26.4. The average molecular weight is 478 g/mol. The summed E-state index contributed by atoms with van der Waals surface area (Å²) in [6, 6.07) is 25.3. The second-order valence-corrected chi connectivity index (χ2v) is 8.82. The first kappa shape index (κ1) is 22.6. The zero-order chi connectivity index (χ0) is 23.2. The van der Waals surface area contributed by atoms with Crippen LogP contribution >= 0.6 is 23.4 Å². The molecule has 6 nitrogen and oxygen atoms in total. The summed E-state index contributed by atoms with van der Waals surface area (Å²) in [5.74, 6) is 0.530. The number of hydrogen-bond acceptors (Lipinski definition) is 5. The fourth-order valence-electron chi connectivity index (χ4n) is 3.10. The van der Waals surface area contributed by atoms with E-state index in [-0.39, 0.29) is 11.8 Å². The summed E-state index contributed by atoms with van der Waals surface area (Å²) < 4.78 is 5.04. The van der Waals surface area contributed by atoms with Gasteiger partial charge in [0.05, 0.1) is 0 Å². The number of carbonyl (C=O) groups is 2. The van der Waals surface area contributed by atoms with Crippen LogP contribution in [0.4, 0.5) is 11.5 Å². The van der Waals surface area contributed by atoms with E-state index in [1.54, 1.807) is 49.4 Å². The monoisotopic (exact) mass is 477 g/mol. The lowest BCUT2D eigenvalue weighted by atomic mass is 10.1. The van der Waals surface area contributed by atoms with Crippen LogP contribution in [0.25, 0.3) is 0 Å². The summed E-state index contributed by atoms with van der Waals surface area (Å²) in [6.45, 7) is 1.76. The zero-order valence-corrected chi connectivity index (χ0v) is 19.2. The van der Waals surface area contributed by atoms with Gasteiger partial charge in [0, 0.05) is 27.2 Å². The number of nitrogens with one attached hydrogen (secondary N) is 2. The van der Waals surface area contributed by atoms with Crippen molar-refractivity contribution in [1.82, 2.24) is 5.16 Å². The minimum atomic E-state index is -0.505. The average Bonchev–Trinajstić information content (AvgIpc) is 3.23. The van der Waals surface area contributed by atoms with Crippen LogP contribution in [0.15, 0.2) is 94.3 Å². The molecule has 0 saturated heterocycles. The van der Waals surface area contributed by atoms with Crippen molar-refractivity contribution in [2.45, 2.75) is 17.1 Å². The van der Waals surface area contributed by atoms with Gasteiger partial charge in [-0.2, -0.15) is 0 Å². The SMILES string of the molecule is Cc1cc(NC(=O)C(Sc2ccc(NC(=O)c3cccc(Cl)c3)cc2)c2ccccc2)no1. The molecule has 4 rings (SSSR count). The van der Waals surface area contributed by atoms with Gasteiger partial charge in [-0.05, 0) is 55.0 Å². The normalized spacial score (nSPS) is 11.6. The molecule has 8 heteroatoms. The third kappa shape index (κ3) is 6.03. The van der Waals surface area contributed by atoms with Crippen LogP contribution in [0, 0.1) is 6.92 Å². The van der Waals surface area contributed by atoms with E-state index in [9.17, 15) is 9.59 Å². The number of carbonyl (C=O) groups excluding carboxylic acids is 2. The van der Waals surface area contributed by atoms with E-state index in [2.05, 4.69) is 15.8 Å². The van der Waals surface area contributed by atoms with Crippen molar-refractivity contribution < 1.29 is 14.1 Å². The lowest BCUT2D eigenvalue weighted by Gasteiger charge is -2.16. The molecule has 0 saturated carbocycles. The molecule has 166 valence electrons. The number of aromatic nitrogens is 1. The predicted molar refractivity (Wildman–Crippen MR) is 131 cm³/mol. The Bertz CT molecular complexity index is 1260. The second-order valence-electron chi connectivity index (χ2n) is 7.21. The van der Waals surface area contributed by atoms with Gasteiger partial charge < -0.3 is 15.2 Å². The first-order chi connectivity index (χ1) is 16.0. The highest BCUT2D eigenvalue weighted by Crippen LogP contribution is 2.36. The summed E-state index contributed by atoms with van der Waals surface area (Å²) >= 11 is 7.37. The highest BCUT2D eigenvalue weighted by Gasteiger charge is 2.23. The molecule has 2 N–H and O–H groups in total. The summed E-state index contributed by atoms with van der Waals surface area (Å²) in [5, 5.41) is 9.50. The molecule has 0 aliphatic rings. The molecule has 1 aromatic heterocycles. The third-order valence-electron chi connectivity index (χ3n) is 4.67. The minimum Gasteiger partial charge on any atom is -0.360 e. The van der Waals surface area contributed by atoms with Crippen LogP contribution in [0.3, 0.4) is 0 Å². The maximum atomic E-state index is 13.0. The maximum Gasteiger partial charge on any atom is 0.255 e. The van der Waals surface area contributed by atoms with Gasteiger partial charge in [-0.3, -0.25) is 9.59 Å². The van der Waals surface area contributed by atoms with E-state index in [1.165, 1.54) is 11.8 Å². The fraction of sp³-hybridized carbons (Fsp3) is 0.0800. The van der Waals surface area contributed by atoms with Crippen molar-refractivity contribution in [3.63, 3.8) is 0 Å². The van der Waals surface area contributed by atoms with Gasteiger partial charge in [0.25, 0.3) is 5.91 Å². The number of anilines is 2. The van der Waals surface area contributed by atoms with Crippen molar-refractivity contribution >= 4 is 46.7 Å². The zero-order valence-electron chi connectivity index (χ0n) is 17.6. The molecule has 1 heterocycles. The Balaban J connectivity index is 1.48. The van der Waals surface area contributed by atoms with Gasteiger partial charge in [0.2, 0.25) is 5.91 Å². The van der Waals surface area contributed by atoms with E-state index < -0.39 is 5.25 Å². The molecule has 0 bridgehead atoms. The smallest absolute Gasteiger partial charge is 0.255 e. The van der Waals surface area contributed by atoms with Crippen LogP contribution in [0.5, 0.6) is 0 Å². The molecule has 0 aliphatic heterocycles. The number of rotatable bonds is 7. The van der Waals surface area contributed by atoms with Crippen LogP contribution in [0.2, 0.25) is 5.02 Å². The van der Waals surface area contributed by atoms with Gasteiger partial charge in [-0.25, -0.2) is 0 Å². The standard InChI is InChI=1S/C25H20ClN3O3S/c1-16-14-22(29-32-16)28-25(31)23(17-6-3-2-4-7-17)33-21-12-10-20(11-13-21)27-24(30)18-8-5-9-19(26)15-18/h2-15,23H,1H3,(H,27,30)(H,28,29,31). The largest absolute Gasteiger partial charge is 0.360 e. The van der Waals surface area contributed by atoms with Crippen molar-refractivity contribution in [3.8, 4) is 0 Å². The van der Waals surface area contributed by atoms with Gasteiger partial charge in [-0.15, -0.1) is 11.8 Å². The molecule has 3 aromatic carbocycles. The first-order valence-corrected chi connectivity index (χ1v) is 11.4. The van der Waals surface area contributed by atoms with Crippen molar-refractivity contribution in [3.05, 3.63) is 107 Å². The Morgan fingerprint density at radius 2 is 1.70 bits per heavy atom. The minimum absolute atomic E-state index is 0.210. The molecule has 4 aromatic rings. The number of aryl methyl sites for hydroxylation is 1. The maximum absolute atomic E-state index is 13.0. The number of benzene rings is 3. The quantitative estimate of drug-likeness (QED) is 0.302. The Morgan fingerprint density at radius 1 is 0.939 bits per heavy atom. The number of nitrogens with zero attached hydrogens (tertiary/aromatic N) is 1. The Morgan fingerprint density at radius 3 is 2.36 bits per heavy atom. The van der Waals surface area contributed by atoms with E-state index >= 15 is 0 Å². The molecule has 1 unspecified atom stereocenters. The summed E-state index contributed by atoms with van der Waals surface area (Å²) in [5.41, 5.74) is 1.98. The highest BCUT2D eigenvalue weighted by molar-refractivity contribution is 8.00. The van der Waals surface area contributed by atoms with E-state index in [0.717, 1.165) is 10.5 Å². The molecular formula is C25H20ClN3O3S. The van der Waals surface area contributed by atoms with Crippen molar-refractivity contribution in [2.24, 2.45) is 0 Å². The van der Waals surface area contributed by atoms with Gasteiger partial charge in [-0.1, -0.05) is 53.2 Å². The molecule has 1 atom stereocenters. The molecule has 0 radical (unpaired) electrons. The molecule has 0 aliphatic carbocycles. The van der Waals surface area contributed by atoms with Crippen LogP contribution in [-0.2, 0) is 4.79 Å². The molecule has 33 heavy (non-hydrogen) atoms. The molecule has 0 fully saturated rings. The third-order valence-corrected chi connectivity index (χ3v) is 6.17. The first-order valence-electron chi connectivity index (χ1n) is 10.1. The van der Waals surface area contributed by atoms with Crippen LogP contribution in [-0.4, -0.2) is 17.0 Å². The van der Waals surface area contributed by atoms with Gasteiger partial charge >= 0.3 is 0 Å². The summed E-state index contributed by atoms with van der Waals surface area (Å²) in [6.07, 6.45) is 0. The lowest BCUT2D eigenvalue weighted by Crippen LogP contribution is -2.19. The fourth-order valence-corrected chi connectivity index (χ4v) is 4.32. The number of hydrogen-bond donors (Lipinski definition) is 2. The van der Waals surface area contributed by atoms with Gasteiger partial charge in [0.1, 0.15) is 11.0 Å². The second kappa shape index (κ2) is 10.4. The van der Waals surface area contributed by atoms with Crippen molar-refractivity contribution in [2.75, 3.05) is 10.6 Å². The summed E-state index contributed by atoms with van der Waals surface area (Å²) in [7, 11) is 0. The van der Waals surface area contributed by atoms with Crippen LogP contribution < -0.4 is 10.6 Å². The number of halogens is 1. The van der Waals surface area contributed by atoms with Gasteiger partial charge in [0.15, 0.2) is 5.82 Å². The van der Waals surface area contributed by atoms with Crippen LogP contribution in [0.1, 0.15) is 26.9 Å². The lowest BCUT2D eigenvalue weighted by molar-refractivity contribution is -0.115. The van der Waals surface area contributed by atoms with E-state index in [1.807, 2.05) is 42.5 Å². The highest BCUT2D eigenvalue weighted by atomic mass is 35.5. The Kier molecular flexibility index (Phi) is 7.12. The Labute approximate surface area is 200 Å². The topological polar surface area (TPSA) is 84.2 Å². The number of amides is 2. The Hall–Kier alpha value is -3.55. The van der Waals surface area contributed by atoms with E-state index in [4.69, 9.17) is 16.1 Å².